The molecule has 3 aromatic heterocycles. The van der Waals surface area contributed by atoms with Gasteiger partial charge in [0.2, 0.25) is 5.89 Å². The fourth-order valence-electron chi connectivity index (χ4n) is 6.82. The molecule has 0 atom stereocenters. The first-order valence-corrected chi connectivity index (χ1v) is 16.5. The van der Waals surface area contributed by atoms with Crippen molar-refractivity contribution >= 4 is 43.8 Å². The molecule has 0 saturated carbocycles. The van der Waals surface area contributed by atoms with E-state index in [1.807, 2.05) is 115 Å². The number of oxazole rings is 1. The number of rotatable bonds is 5. The Labute approximate surface area is 286 Å². The van der Waals surface area contributed by atoms with E-state index in [4.69, 9.17) is 28.8 Å². The molecule has 7 aromatic carbocycles. The number of fused-ring (bicyclic) bond motifs is 5. The number of para-hydroxylation sites is 1. The third-order valence-electron chi connectivity index (χ3n) is 9.16. The van der Waals surface area contributed by atoms with Crippen molar-refractivity contribution in [1.29, 1.82) is 0 Å². The fraction of sp³-hybridized carbons (Fsp3) is 0. The van der Waals surface area contributed by atoms with Gasteiger partial charge in [0.1, 0.15) is 16.7 Å². The second kappa shape index (κ2) is 11.4. The molecule has 10 rings (SSSR count). The largest absolute Gasteiger partial charge is 0.456 e. The van der Waals surface area contributed by atoms with Crippen LogP contribution in [0, 0.1) is 0 Å². The fourth-order valence-corrected chi connectivity index (χ4v) is 6.82. The van der Waals surface area contributed by atoms with Gasteiger partial charge in [-0.25, -0.2) is 19.9 Å². The lowest BCUT2D eigenvalue weighted by Crippen LogP contribution is -2.00. The van der Waals surface area contributed by atoms with Gasteiger partial charge in [0.05, 0.1) is 0 Å². The minimum atomic E-state index is 0.570. The minimum absolute atomic E-state index is 0.570. The normalized spacial score (nSPS) is 11.6. The van der Waals surface area contributed by atoms with Gasteiger partial charge in [-0.05, 0) is 40.6 Å². The summed E-state index contributed by atoms with van der Waals surface area (Å²) in [5.74, 6) is 2.44. The Hall–Kier alpha value is -6.92. The van der Waals surface area contributed by atoms with Crippen LogP contribution in [0.1, 0.15) is 0 Å². The van der Waals surface area contributed by atoms with Gasteiger partial charge in [-0.2, -0.15) is 0 Å². The van der Waals surface area contributed by atoms with Crippen molar-refractivity contribution in [2.75, 3.05) is 0 Å². The predicted octanol–water partition coefficient (Wildman–Crippen LogP) is 11.4. The lowest BCUT2D eigenvalue weighted by molar-refractivity contribution is 0.617. The number of nitrogens with zero attached hydrogens (tertiary/aromatic N) is 4. The summed E-state index contributed by atoms with van der Waals surface area (Å²) in [6.45, 7) is 0. The van der Waals surface area contributed by atoms with E-state index >= 15 is 0 Å². The van der Waals surface area contributed by atoms with Crippen molar-refractivity contribution in [2.45, 2.75) is 0 Å². The highest BCUT2D eigenvalue weighted by Gasteiger charge is 2.22. The molecule has 0 aliphatic heterocycles. The lowest BCUT2D eigenvalue weighted by Gasteiger charge is -2.12. The summed E-state index contributed by atoms with van der Waals surface area (Å²) >= 11 is 0. The van der Waals surface area contributed by atoms with E-state index in [9.17, 15) is 0 Å². The monoisotopic (exact) mass is 642 g/mol. The molecule has 0 saturated heterocycles. The van der Waals surface area contributed by atoms with Crippen LogP contribution in [0.4, 0.5) is 0 Å². The average molecular weight is 643 g/mol. The van der Waals surface area contributed by atoms with E-state index in [-0.39, 0.29) is 0 Å². The highest BCUT2D eigenvalue weighted by molar-refractivity contribution is 6.20. The van der Waals surface area contributed by atoms with Crippen LogP contribution < -0.4 is 0 Å². The van der Waals surface area contributed by atoms with Crippen LogP contribution in [0.2, 0.25) is 0 Å². The topological polar surface area (TPSA) is 77.8 Å². The SMILES string of the molecule is c1ccc(-c2nc(-c3ccccc3)nc(-c3cccc4cc(-c5c6nc(-c7ccccc7)oc6cc6oc7ccccc7c56)ccc34)n2)cc1. The molecule has 0 fully saturated rings. The minimum Gasteiger partial charge on any atom is -0.456 e. The zero-order chi connectivity index (χ0) is 33.0. The second-order valence-corrected chi connectivity index (χ2v) is 12.2. The number of hydrogen-bond acceptors (Lipinski definition) is 6. The zero-order valence-corrected chi connectivity index (χ0v) is 26.6. The second-order valence-electron chi connectivity index (χ2n) is 12.2. The molecule has 0 aliphatic rings. The molecular formula is C44H26N4O2. The van der Waals surface area contributed by atoms with E-state index in [0.717, 1.165) is 71.6 Å². The maximum Gasteiger partial charge on any atom is 0.227 e. The van der Waals surface area contributed by atoms with E-state index in [1.165, 1.54) is 0 Å². The van der Waals surface area contributed by atoms with Gasteiger partial charge in [0.25, 0.3) is 0 Å². The average Bonchev–Trinajstić information content (AvgIpc) is 3.79. The Bertz CT molecular complexity index is 2800. The van der Waals surface area contributed by atoms with E-state index in [0.29, 0.717) is 28.9 Å². The lowest BCUT2D eigenvalue weighted by atomic mass is 9.94. The van der Waals surface area contributed by atoms with Crippen molar-refractivity contribution in [2.24, 2.45) is 0 Å². The number of furan rings is 1. The van der Waals surface area contributed by atoms with Crippen LogP contribution in [0.25, 0.3) is 101 Å². The van der Waals surface area contributed by atoms with Crippen LogP contribution in [-0.4, -0.2) is 19.9 Å². The summed E-state index contributed by atoms with van der Waals surface area (Å²) in [5.41, 5.74) is 8.73. The maximum absolute atomic E-state index is 6.39. The molecule has 0 radical (unpaired) electrons. The summed E-state index contributed by atoms with van der Waals surface area (Å²) < 4.78 is 12.8. The highest BCUT2D eigenvalue weighted by Crippen LogP contribution is 2.43. The molecule has 234 valence electrons. The maximum atomic E-state index is 6.39. The Kier molecular flexibility index (Phi) is 6.39. The molecule has 0 unspecified atom stereocenters. The van der Waals surface area contributed by atoms with Crippen molar-refractivity contribution in [3.8, 4) is 56.7 Å². The molecule has 6 heteroatoms. The molecule has 10 aromatic rings. The van der Waals surface area contributed by atoms with Gasteiger partial charge >= 0.3 is 0 Å². The van der Waals surface area contributed by atoms with Crippen molar-refractivity contribution in [1.82, 2.24) is 19.9 Å². The molecule has 0 N–H and O–H groups in total. The van der Waals surface area contributed by atoms with E-state index < -0.39 is 0 Å². The first-order chi connectivity index (χ1) is 24.8. The summed E-state index contributed by atoms with van der Waals surface area (Å²) in [7, 11) is 0. The Morgan fingerprint density at radius 3 is 1.74 bits per heavy atom. The highest BCUT2D eigenvalue weighted by atomic mass is 16.4. The van der Waals surface area contributed by atoms with Gasteiger partial charge in [-0.15, -0.1) is 0 Å². The van der Waals surface area contributed by atoms with Gasteiger partial charge < -0.3 is 8.83 Å². The number of hydrogen-bond donors (Lipinski definition) is 0. The summed E-state index contributed by atoms with van der Waals surface area (Å²) in [4.78, 5) is 20.0. The smallest absolute Gasteiger partial charge is 0.227 e. The van der Waals surface area contributed by atoms with Gasteiger partial charge in [-0.1, -0.05) is 127 Å². The van der Waals surface area contributed by atoms with E-state index in [2.05, 4.69) is 42.5 Å². The molecule has 3 heterocycles. The molecular weight excluding hydrogens is 617 g/mol. The van der Waals surface area contributed by atoms with Crippen molar-refractivity contribution in [3.05, 3.63) is 158 Å². The Balaban J connectivity index is 1.19. The summed E-state index contributed by atoms with van der Waals surface area (Å²) in [6.07, 6.45) is 0. The van der Waals surface area contributed by atoms with Crippen LogP contribution in [0.3, 0.4) is 0 Å². The Morgan fingerprint density at radius 2 is 1.02 bits per heavy atom. The van der Waals surface area contributed by atoms with Crippen molar-refractivity contribution < 1.29 is 8.83 Å². The molecule has 0 aliphatic carbocycles. The standard InChI is InChI=1S/C44H26N4O2/c1-4-13-27(14-5-1)41-46-42(28-15-6-2-7-16-28)48-43(47-41)33-21-12-19-30-25-31(23-24-32(30)33)38-39-34-20-10-11-22-35(34)49-36(39)26-37-40(38)45-44(50-37)29-17-8-3-9-18-29/h1-26H. The van der Waals surface area contributed by atoms with Crippen molar-refractivity contribution in [3.63, 3.8) is 0 Å². The van der Waals surface area contributed by atoms with Crippen LogP contribution in [0.15, 0.2) is 167 Å². The quantitative estimate of drug-likeness (QED) is 0.186. The van der Waals surface area contributed by atoms with E-state index in [1.54, 1.807) is 0 Å². The summed E-state index contributed by atoms with van der Waals surface area (Å²) in [6, 6.07) is 52.9. The van der Waals surface area contributed by atoms with Gasteiger partial charge in [0.15, 0.2) is 23.1 Å². The first-order valence-electron chi connectivity index (χ1n) is 16.5. The predicted molar refractivity (Wildman–Crippen MR) is 199 cm³/mol. The number of aromatic nitrogens is 4. The molecule has 0 spiro atoms. The van der Waals surface area contributed by atoms with Crippen LogP contribution in [-0.2, 0) is 0 Å². The zero-order valence-electron chi connectivity index (χ0n) is 26.6. The van der Waals surface area contributed by atoms with Crippen LogP contribution >= 0.6 is 0 Å². The number of benzene rings is 7. The third kappa shape index (κ3) is 4.65. The molecule has 0 amide bonds. The van der Waals surface area contributed by atoms with Gasteiger partial charge in [0, 0.05) is 44.7 Å². The molecule has 0 bridgehead atoms. The first kappa shape index (κ1) is 28.1. The summed E-state index contributed by atoms with van der Waals surface area (Å²) in [5, 5.41) is 4.12. The van der Waals surface area contributed by atoms with Crippen LogP contribution in [0.5, 0.6) is 0 Å². The molecule has 50 heavy (non-hydrogen) atoms. The Morgan fingerprint density at radius 1 is 0.380 bits per heavy atom. The molecule has 6 nitrogen and oxygen atoms in total. The van der Waals surface area contributed by atoms with Gasteiger partial charge in [-0.3, -0.25) is 0 Å². The third-order valence-corrected chi connectivity index (χ3v) is 9.16.